The maximum atomic E-state index is 13.2. The van der Waals surface area contributed by atoms with Crippen molar-refractivity contribution >= 4 is 5.88 Å². The van der Waals surface area contributed by atoms with Crippen LogP contribution in [0.2, 0.25) is 0 Å². The molecule has 0 fully saturated rings. The third-order valence-electron chi connectivity index (χ3n) is 2.08. The molecule has 16 heavy (non-hydrogen) atoms. The predicted octanol–water partition coefficient (Wildman–Crippen LogP) is 3.00. The molecule has 0 spiro atoms. The van der Waals surface area contributed by atoms with Crippen LogP contribution in [-0.2, 0) is 0 Å². The van der Waals surface area contributed by atoms with Crippen molar-refractivity contribution in [3.63, 3.8) is 0 Å². The molecule has 0 amide bonds. The van der Waals surface area contributed by atoms with Crippen LogP contribution in [0.15, 0.2) is 28.8 Å². The Hall–Kier alpha value is -1.98. The van der Waals surface area contributed by atoms with Crippen molar-refractivity contribution in [1.82, 2.24) is 5.16 Å². The number of aromatic nitrogens is 1. The number of nitrogen functional groups attached to an aromatic ring is 1. The summed E-state index contributed by atoms with van der Waals surface area (Å²) in [7, 11) is 0. The summed E-state index contributed by atoms with van der Waals surface area (Å²) in [6.45, 7) is 0. The predicted molar refractivity (Wildman–Crippen MR) is 51.3 cm³/mol. The Morgan fingerprint density at radius 3 is 2.62 bits per heavy atom. The normalized spacial score (nSPS) is 11.0. The minimum Gasteiger partial charge on any atom is -0.368 e. The van der Waals surface area contributed by atoms with Crippen LogP contribution in [0.4, 0.5) is 19.1 Å². The first-order chi connectivity index (χ1) is 7.59. The summed E-state index contributed by atoms with van der Waals surface area (Å²) >= 11 is 0. The summed E-state index contributed by atoms with van der Waals surface area (Å²) in [4.78, 5) is 0. The maximum absolute atomic E-state index is 13.2. The fourth-order valence-electron chi connectivity index (χ4n) is 1.40. The van der Waals surface area contributed by atoms with Gasteiger partial charge in [-0.05, 0) is 6.07 Å². The largest absolute Gasteiger partial charge is 0.368 e. The van der Waals surface area contributed by atoms with Crippen molar-refractivity contribution in [3.8, 4) is 11.3 Å². The number of alkyl halides is 2. The summed E-state index contributed by atoms with van der Waals surface area (Å²) < 4.78 is 43.1. The van der Waals surface area contributed by atoms with Gasteiger partial charge in [0.1, 0.15) is 11.5 Å². The van der Waals surface area contributed by atoms with E-state index in [9.17, 15) is 13.2 Å². The Balaban J connectivity index is 2.60. The van der Waals surface area contributed by atoms with Crippen LogP contribution in [0.1, 0.15) is 12.0 Å². The van der Waals surface area contributed by atoms with Gasteiger partial charge < -0.3 is 10.3 Å². The third-order valence-corrected chi connectivity index (χ3v) is 2.08. The minimum atomic E-state index is -2.92. The number of nitrogens with zero attached hydrogens (tertiary/aromatic N) is 1. The molecule has 0 aliphatic rings. The van der Waals surface area contributed by atoms with Crippen molar-refractivity contribution in [1.29, 1.82) is 0 Å². The van der Waals surface area contributed by atoms with Crippen LogP contribution in [0.25, 0.3) is 11.3 Å². The number of anilines is 1. The van der Waals surface area contributed by atoms with Crippen LogP contribution in [0, 0.1) is 5.82 Å². The molecule has 2 rings (SSSR count). The topological polar surface area (TPSA) is 52.0 Å². The van der Waals surface area contributed by atoms with Gasteiger partial charge in [0.25, 0.3) is 6.43 Å². The average Bonchev–Trinajstić information content (AvgIpc) is 2.63. The highest BCUT2D eigenvalue weighted by Gasteiger charge is 2.20. The molecule has 1 heterocycles. The third kappa shape index (κ3) is 1.73. The molecule has 1 aromatic heterocycles. The molecule has 0 saturated carbocycles. The zero-order valence-electron chi connectivity index (χ0n) is 7.95. The summed E-state index contributed by atoms with van der Waals surface area (Å²) in [6.07, 6.45) is -2.92. The van der Waals surface area contributed by atoms with Crippen molar-refractivity contribution in [2.24, 2.45) is 0 Å². The molecule has 6 heteroatoms. The van der Waals surface area contributed by atoms with Crippen LogP contribution in [0.5, 0.6) is 0 Å². The second-order valence-corrected chi connectivity index (χ2v) is 3.12. The highest BCUT2D eigenvalue weighted by atomic mass is 19.3. The number of hydrogen-bond donors (Lipinski definition) is 1. The minimum absolute atomic E-state index is 0.0144. The second kappa shape index (κ2) is 3.88. The molecule has 0 aliphatic carbocycles. The van der Waals surface area contributed by atoms with Gasteiger partial charge in [-0.25, -0.2) is 13.2 Å². The standard InChI is InChI=1S/C10H7F3N2O/c11-6-3-1-2-5(9(6)10(12)13)7-4-8(14)16-15-7/h1-4,10H,14H2. The van der Waals surface area contributed by atoms with E-state index >= 15 is 0 Å². The van der Waals surface area contributed by atoms with E-state index in [0.29, 0.717) is 0 Å². The molecule has 1 aromatic carbocycles. The van der Waals surface area contributed by atoms with Gasteiger partial charge in [0.05, 0.1) is 5.56 Å². The first kappa shape index (κ1) is 10.5. The first-order valence-electron chi connectivity index (χ1n) is 4.38. The lowest BCUT2D eigenvalue weighted by molar-refractivity contribution is 0.147. The summed E-state index contributed by atoms with van der Waals surface area (Å²) in [5.41, 5.74) is 4.64. The van der Waals surface area contributed by atoms with Crippen LogP contribution in [0.3, 0.4) is 0 Å². The number of hydrogen-bond acceptors (Lipinski definition) is 3. The molecule has 0 bridgehead atoms. The molecule has 3 nitrogen and oxygen atoms in total. The quantitative estimate of drug-likeness (QED) is 0.859. The number of rotatable bonds is 2. The average molecular weight is 228 g/mol. The fourth-order valence-corrected chi connectivity index (χ4v) is 1.40. The lowest BCUT2D eigenvalue weighted by atomic mass is 10.0. The molecule has 2 aromatic rings. The van der Waals surface area contributed by atoms with Gasteiger partial charge in [-0.1, -0.05) is 17.3 Å². The van der Waals surface area contributed by atoms with E-state index in [0.717, 1.165) is 6.07 Å². The number of benzene rings is 1. The number of nitrogens with two attached hydrogens (primary N) is 1. The highest BCUT2D eigenvalue weighted by Crippen LogP contribution is 2.32. The number of halogens is 3. The first-order valence-corrected chi connectivity index (χ1v) is 4.38. The van der Waals surface area contributed by atoms with E-state index in [-0.39, 0.29) is 17.1 Å². The molecule has 0 aliphatic heterocycles. The molecular weight excluding hydrogens is 221 g/mol. The highest BCUT2D eigenvalue weighted by molar-refractivity contribution is 5.65. The molecular formula is C10H7F3N2O. The molecule has 0 saturated heterocycles. The van der Waals surface area contributed by atoms with Crippen molar-refractivity contribution in [2.75, 3.05) is 5.73 Å². The molecule has 84 valence electrons. The Bertz CT molecular complexity index is 511. The van der Waals surface area contributed by atoms with E-state index in [4.69, 9.17) is 5.73 Å². The smallest absolute Gasteiger partial charge is 0.267 e. The van der Waals surface area contributed by atoms with Crippen LogP contribution in [-0.4, -0.2) is 5.16 Å². The van der Waals surface area contributed by atoms with Gasteiger partial charge in [0, 0.05) is 11.6 Å². The lowest BCUT2D eigenvalue weighted by Crippen LogP contribution is -1.95. The van der Waals surface area contributed by atoms with Crippen LogP contribution >= 0.6 is 0 Å². The van der Waals surface area contributed by atoms with Crippen molar-refractivity contribution in [3.05, 3.63) is 35.6 Å². The molecule has 2 N–H and O–H groups in total. The monoisotopic (exact) mass is 228 g/mol. The van der Waals surface area contributed by atoms with E-state index in [1.165, 1.54) is 18.2 Å². The van der Waals surface area contributed by atoms with E-state index in [1.54, 1.807) is 0 Å². The summed E-state index contributed by atoms with van der Waals surface area (Å²) in [5, 5.41) is 3.47. The second-order valence-electron chi connectivity index (χ2n) is 3.12. The van der Waals surface area contributed by atoms with Crippen LogP contribution < -0.4 is 5.73 Å². The summed E-state index contributed by atoms with van der Waals surface area (Å²) in [5.74, 6) is -0.992. The van der Waals surface area contributed by atoms with Gasteiger partial charge in [0.15, 0.2) is 0 Å². The van der Waals surface area contributed by atoms with Gasteiger partial charge in [-0.3, -0.25) is 0 Å². The SMILES string of the molecule is Nc1cc(-c2cccc(F)c2C(F)F)no1. The maximum Gasteiger partial charge on any atom is 0.267 e. The Morgan fingerprint density at radius 1 is 1.31 bits per heavy atom. The zero-order valence-corrected chi connectivity index (χ0v) is 7.95. The van der Waals surface area contributed by atoms with Crippen molar-refractivity contribution in [2.45, 2.75) is 6.43 Å². The zero-order chi connectivity index (χ0) is 11.7. The summed E-state index contributed by atoms with van der Waals surface area (Å²) in [6, 6.07) is 4.89. The Morgan fingerprint density at radius 2 is 2.06 bits per heavy atom. The molecule has 0 atom stereocenters. The molecule has 0 radical (unpaired) electrons. The lowest BCUT2D eigenvalue weighted by Gasteiger charge is -2.06. The van der Waals surface area contributed by atoms with E-state index in [1.807, 2.05) is 0 Å². The van der Waals surface area contributed by atoms with Gasteiger partial charge >= 0.3 is 0 Å². The molecule has 0 unspecified atom stereocenters. The Kier molecular flexibility index (Phi) is 2.55. The van der Waals surface area contributed by atoms with Gasteiger partial charge in [0.2, 0.25) is 5.88 Å². The van der Waals surface area contributed by atoms with E-state index < -0.39 is 17.8 Å². The Labute approximate surface area is 88.7 Å². The van der Waals surface area contributed by atoms with Gasteiger partial charge in [-0.2, -0.15) is 0 Å². The van der Waals surface area contributed by atoms with Crippen molar-refractivity contribution < 1.29 is 17.7 Å². The fraction of sp³-hybridized carbons (Fsp3) is 0.100. The van der Waals surface area contributed by atoms with E-state index in [2.05, 4.69) is 9.68 Å². The van der Waals surface area contributed by atoms with Gasteiger partial charge in [-0.15, -0.1) is 0 Å².